The standard InChI is InChI=1S/C15H18OS2/c1-17-10-4-5-11-18(16)15-9-8-13-6-2-3-7-14(13)12-15/h2-3,6-9,12H,4-5,10-11H2,1H3. The van der Waals surface area contributed by atoms with Crippen LogP contribution in [0.5, 0.6) is 0 Å². The Balaban J connectivity index is 2.04. The van der Waals surface area contributed by atoms with Gasteiger partial charge < -0.3 is 0 Å². The first-order valence-corrected chi connectivity index (χ1v) is 8.88. The molecule has 0 fully saturated rings. The highest BCUT2D eigenvalue weighted by Crippen LogP contribution is 2.18. The largest absolute Gasteiger partial charge is 0.254 e. The minimum Gasteiger partial charge on any atom is -0.254 e. The molecule has 1 atom stereocenters. The van der Waals surface area contributed by atoms with E-state index in [1.54, 1.807) is 0 Å². The average molecular weight is 278 g/mol. The summed E-state index contributed by atoms with van der Waals surface area (Å²) in [5.41, 5.74) is 0. The minimum absolute atomic E-state index is 0.777. The molecule has 0 aliphatic rings. The number of hydrogen-bond donors (Lipinski definition) is 0. The van der Waals surface area contributed by atoms with Crippen LogP contribution in [-0.2, 0) is 10.8 Å². The van der Waals surface area contributed by atoms with Crippen LogP contribution in [0.1, 0.15) is 12.8 Å². The molecule has 0 aliphatic heterocycles. The Hall–Kier alpha value is -0.800. The average Bonchev–Trinajstić information content (AvgIpc) is 2.43. The zero-order valence-corrected chi connectivity index (χ0v) is 12.2. The van der Waals surface area contributed by atoms with E-state index in [2.05, 4.69) is 30.5 Å². The van der Waals surface area contributed by atoms with Crippen LogP contribution in [0.25, 0.3) is 10.8 Å². The quantitative estimate of drug-likeness (QED) is 0.740. The summed E-state index contributed by atoms with van der Waals surface area (Å²) >= 11 is 1.85. The van der Waals surface area contributed by atoms with Crippen molar-refractivity contribution in [3.8, 4) is 0 Å². The Bertz CT molecular complexity index is 537. The molecule has 0 bridgehead atoms. The lowest BCUT2D eigenvalue weighted by Gasteiger charge is -2.04. The highest BCUT2D eigenvalue weighted by Gasteiger charge is 2.04. The predicted molar refractivity (Wildman–Crippen MR) is 82.8 cm³/mol. The Kier molecular flexibility index (Phi) is 5.26. The number of benzene rings is 2. The van der Waals surface area contributed by atoms with Gasteiger partial charge in [0.05, 0.1) is 10.8 Å². The lowest BCUT2D eigenvalue weighted by molar-refractivity contribution is 0.680. The van der Waals surface area contributed by atoms with Crippen LogP contribution in [-0.4, -0.2) is 22.0 Å². The third kappa shape index (κ3) is 3.59. The summed E-state index contributed by atoms with van der Waals surface area (Å²) in [5.74, 6) is 1.94. The van der Waals surface area contributed by atoms with Crippen molar-refractivity contribution in [2.24, 2.45) is 0 Å². The number of thioether (sulfide) groups is 1. The first-order valence-electron chi connectivity index (χ1n) is 6.17. The van der Waals surface area contributed by atoms with Gasteiger partial charge in [0, 0.05) is 10.6 Å². The van der Waals surface area contributed by atoms with E-state index < -0.39 is 10.8 Å². The molecule has 96 valence electrons. The van der Waals surface area contributed by atoms with Gasteiger partial charge in [0.1, 0.15) is 0 Å². The van der Waals surface area contributed by atoms with E-state index >= 15 is 0 Å². The van der Waals surface area contributed by atoms with Crippen LogP contribution in [0.2, 0.25) is 0 Å². The summed E-state index contributed by atoms with van der Waals surface area (Å²) in [5, 5.41) is 2.38. The fraction of sp³-hybridized carbons (Fsp3) is 0.333. The zero-order valence-electron chi connectivity index (χ0n) is 10.6. The molecule has 0 saturated carbocycles. The van der Waals surface area contributed by atoms with Crippen LogP contribution in [0.15, 0.2) is 47.4 Å². The molecule has 0 aliphatic carbocycles. The fourth-order valence-corrected chi connectivity index (χ4v) is 3.58. The topological polar surface area (TPSA) is 17.1 Å². The molecular weight excluding hydrogens is 260 g/mol. The summed E-state index contributed by atoms with van der Waals surface area (Å²) in [4.78, 5) is 0.956. The normalized spacial score (nSPS) is 12.7. The van der Waals surface area contributed by atoms with Gasteiger partial charge in [0.2, 0.25) is 0 Å². The monoisotopic (exact) mass is 278 g/mol. The minimum atomic E-state index is -0.852. The third-order valence-electron chi connectivity index (χ3n) is 2.91. The summed E-state index contributed by atoms with van der Waals surface area (Å²) in [6, 6.07) is 14.3. The predicted octanol–water partition coefficient (Wildman–Crippen LogP) is 4.09. The first kappa shape index (κ1) is 13.6. The fourth-order valence-electron chi connectivity index (χ4n) is 1.91. The van der Waals surface area contributed by atoms with Crippen molar-refractivity contribution in [3.05, 3.63) is 42.5 Å². The van der Waals surface area contributed by atoms with Crippen LogP contribution in [0.3, 0.4) is 0 Å². The second-order valence-electron chi connectivity index (χ2n) is 4.26. The Morgan fingerprint density at radius 2 is 1.83 bits per heavy atom. The number of rotatable bonds is 6. The van der Waals surface area contributed by atoms with Crippen LogP contribution in [0.4, 0.5) is 0 Å². The first-order chi connectivity index (χ1) is 8.81. The molecule has 3 heteroatoms. The van der Waals surface area contributed by atoms with E-state index in [1.165, 1.54) is 10.8 Å². The Labute approximate surface area is 115 Å². The molecule has 2 rings (SSSR count). The summed E-state index contributed by atoms with van der Waals surface area (Å²) in [6.45, 7) is 0. The number of unbranched alkanes of at least 4 members (excludes halogenated alkanes) is 1. The van der Waals surface area contributed by atoms with Crippen molar-refractivity contribution >= 4 is 33.3 Å². The van der Waals surface area contributed by atoms with Crippen LogP contribution >= 0.6 is 11.8 Å². The third-order valence-corrected chi connectivity index (χ3v) is 5.05. The zero-order chi connectivity index (χ0) is 12.8. The highest BCUT2D eigenvalue weighted by molar-refractivity contribution is 7.98. The molecule has 2 aromatic rings. The van der Waals surface area contributed by atoms with Gasteiger partial charge in [-0.3, -0.25) is 4.21 Å². The summed E-state index contributed by atoms with van der Waals surface area (Å²) in [7, 11) is -0.852. The number of fused-ring (bicyclic) bond motifs is 1. The van der Waals surface area contributed by atoms with Crippen molar-refractivity contribution < 1.29 is 4.21 Å². The van der Waals surface area contributed by atoms with Gasteiger partial charge in [0.15, 0.2) is 0 Å². The highest BCUT2D eigenvalue weighted by atomic mass is 32.2. The van der Waals surface area contributed by atoms with E-state index in [0.29, 0.717) is 0 Å². The Morgan fingerprint density at radius 1 is 1.06 bits per heavy atom. The smallest absolute Gasteiger partial charge is 0.0529 e. The van der Waals surface area contributed by atoms with Crippen LogP contribution in [0, 0.1) is 0 Å². The SMILES string of the molecule is CSCCCCS(=O)c1ccc2ccccc2c1. The molecule has 0 aromatic heterocycles. The van der Waals surface area contributed by atoms with Gasteiger partial charge in [-0.05, 0) is 47.8 Å². The van der Waals surface area contributed by atoms with E-state index in [4.69, 9.17) is 0 Å². The molecular formula is C15H18OS2. The van der Waals surface area contributed by atoms with Gasteiger partial charge in [-0.15, -0.1) is 0 Å². The molecule has 0 N–H and O–H groups in total. The summed E-state index contributed by atoms with van der Waals surface area (Å²) in [6.07, 6.45) is 4.31. The van der Waals surface area contributed by atoms with Crippen molar-refractivity contribution in [1.29, 1.82) is 0 Å². The van der Waals surface area contributed by atoms with Gasteiger partial charge in [-0.2, -0.15) is 11.8 Å². The van der Waals surface area contributed by atoms with E-state index in [9.17, 15) is 4.21 Å². The maximum absolute atomic E-state index is 12.2. The maximum atomic E-state index is 12.2. The molecule has 0 saturated heterocycles. The lowest BCUT2D eigenvalue weighted by Crippen LogP contribution is -1.98. The number of hydrogen-bond acceptors (Lipinski definition) is 2. The second kappa shape index (κ2) is 6.95. The molecule has 2 aromatic carbocycles. The lowest BCUT2D eigenvalue weighted by atomic mass is 10.1. The molecule has 0 spiro atoms. The molecule has 0 heterocycles. The van der Waals surface area contributed by atoms with Gasteiger partial charge >= 0.3 is 0 Å². The summed E-state index contributed by atoms with van der Waals surface area (Å²) < 4.78 is 12.2. The van der Waals surface area contributed by atoms with Crippen molar-refractivity contribution in [2.45, 2.75) is 17.7 Å². The molecule has 1 unspecified atom stereocenters. The maximum Gasteiger partial charge on any atom is 0.0529 e. The van der Waals surface area contributed by atoms with E-state index in [-0.39, 0.29) is 0 Å². The van der Waals surface area contributed by atoms with Crippen molar-refractivity contribution in [3.63, 3.8) is 0 Å². The molecule has 18 heavy (non-hydrogen) atoms. The van der Waals surface area contributed by atoms with Gasteiger partial charge in [-0.1, -0.05) is 30.3 Å². The Morgan fingerprint density at radius 3 is 2.61 bits per heavy atom. The van der Waals surface area contributed by atoms with E-state index in [0.717, 1.165) is 29.2 Å². The molecule has 0 radical (unpaired) electrons. The van der Waals surface area contributed by atoms with Crippen molar-refractivity contribution in [2.75, 3.05) is 17.8 Å². The second-order valence-corrected chi connectivity index (χ2v) is 6.81. The van der Waals surface area contributed by atoms with E-state index in [1.807, 2.05) is 30.0 Å². The molecule has 1 nitrogen and oxygen atoms in total. The van der Waals surface area contributed by atoms with Crippen LogP contribution < -0.4 is 0 Å². The van der Waals surface area contributed by atoms with Crippen molar-refractivity contribution in [1.82, 2.24) is 0 Å². The molecule has 0 amide bonds. The van der Waals surface area contributed by atoms with Gasteiger partial charge in [0.25, 0.3) is 0 Å². The van der Waals surface area contributed by atoms with Gasteiger partial charge in [-0.25, -0.2) is 0 Å².